The zero-order valence-corrected chi connectivity index (χ0v) is 20.6. The molecule has 1 aliphatic heterocycles. The Balaban J connectivity index is 1.18. The molecule has 0 unspecified atom stereocenters. The van der Waals surface area contributed by atoms with Crippen LogP contribution in [-0.2, 0) is 4.79 Å². The number of fused-ring (bicyclic) bond motifs is 3. The first-order valence-corrected chi connectivity index (χ1v) is 13.1. The summed E-state index contributed by atoms with van der Waals surface area (Å²) in [5, 5.41) is 9.79. The van der Waals surface area contributed by atoms with Gasteiger partial charge in [0.2, 0.25) is 0 Å². The fraction of sp³-hybridized carbons (Fsp3) is 0.320. The smallest absolute Gasteiger partial charge is 0.321 e. The third-order valence-electron chi connectivity index (χ3n) is 5.84. The van der Waals surface area contributed by atoms with Gasteiger partial charge in [0.1, 0.15) is 5.75 Å². The third kappa shape index (κ3) is 5.00. The van der Waals surface area contributed by atoms with Crippen LogP contribution < -0.4 is 15.4 Å². The molecule has 5 rings (SSSR count). The van der Waals surface area contributed by atoms with Crippen molar-refractivity contribution in [3.8, 4) is 5.75 Å². The van der Waals surface area contributed by atoms with Gasteiger partial charge in [-0.25, -0.2) is 9.78 Å². The Hall–Kier alpha value is -3.17. The Morgan fingerprint density at radius 3 is 2.47 bits per heavy atom. The van der Waals surface area contributed by atoms with E-state index in [-0.39, 0.29) is 18.5 Å². The molecule has 1 saturated heterocycles. The molecule has 176 valence electrons. The van der Waals surface area contributed by atoms with E-state index >= 15 is 0 Å². The molecule has 2 N–H and O–H groups in total. The lowest BCUT2D eigenvalue weighted by Crippen LogP contribution is -2.35. The van der Waals surface area contributed by atoms with Crippen LogP contribution >= 0.6 is 22.7 Å². The minimum atomic E-state index is -0.245. The predicted molar refractivity (Wildman–Crippen MR) is 139 cm³/mol. The number of anilines is 2. The molecule has 0 atom stereocenters. The van der Waals surface area contributed by atoms with Gasteiger partial charge in [-0.3, -0.25) is 4.79 Å². The number of nitrogens with one attached hydrogen (secondary N) is 2. The van der Waals surface area contributed by atoms with Crippen LogP contribution in [-0.4, -0.2) is 41.5 Å². The highest BCUT2D eigenvalue weighted by Gasteiger charge is 2.16. The quantitative estimate of drug-likeness (QED) is 0.344. The van der Waals surface area contributed by atoms with Gasteiger partial charge in [-0.15, -0.1) is 22.7 Å². The van der Waals surface area contributed by atoms with Crippen molar-refractivity contribution in [1.29, 1.82) is 0 Å². The van der Waals surface area contributed by atoms with E-state index in [2.05, 4.69) is 15.6 Å². The van der Waals surface area contributed by atoms with Gasteiger partial charge < -0.3 is 20.3 Å². The Morgan fingerprint density at radius 2 is 1.74 bits per heavy atom. The molecule has 9 heteroatoms. The zero-order chi connectivity index (χ0) is 23.5. The minimum Gasteiger partial charge on any atom is -0.483 e. The van der Waals surface area contributed by atoms with Crippen molar-refractivity contribution in [1.82, 2.24) is 9.88 Å². The van der Waals surface area contributed by atoms with Crippen molar-refractivity contribution in [3.63, 3.8) is 0 Å². The van der Waals surface area contributed by atoms with E-state index in [1.807, 2.05) is 29.3 Å². The van der Waals surface area contributed by atoms with Gasteiger partial charge >= 0.3 is 6.03 Å². The molecule has 1 aliphatic rings. The summed E-state index contributed by atoms with van der Waals surface area (Å²) in [4.78, 5) is 31.5. The summed E-state index contributed by atoms with van der Waals surface area (Å²) in [7, 11) is 0. The average molecular weight is 495 g/mol. The van der Waals surface area contributed by atoms with Crippen molar-refractivity contribution in [3.05, 3.63) is 46.8 Å². The maximum absolute atomic E-state index is 12.5. The van der Waals surface area contributed by atoms with E-state index < -0.39 is 0 Å². The number of thiophene rings is 1. The van der Waals surface area contributed by atoms with Gasteiger partial charge in [-0.2, -0.15) is 0 Å². The number of aryl methyl sites for hydroxylation is 1. The van der Waals surface area contributed by atoms with Crippen molar-refractivity contribution in [2.24, 2.45) is 0 Å². The Morgan fingerprint density at radius 1 is 1.03 bits per heavy atom. The van der Waals surface area contributed by atoms with Crippen molar-refractivity contribution in [2.45, 2.75) is 32.6 Å². The van der Waals surface area contributed by atoms with Crippen molar-refractivity contribution >= 4 is 66.3 Å². The van der Waals surface area contributed by atoms with E-state index in [1.54, 1.807) is 46.9 Å². The van der Waals surface area contributed by atoms with Crippen LogP contribution in [0.3, 0.4) is 0 Å². The van der Waals surface area contributed by atoms with Crippen LogP contribution in [0.5, 0.6) is 5.75 Å². The molecule has 4 aromatic rings. The van der Waals surface area contributed by atoms with E-state index in [0.29, 0.717) is 17.1 Å². The second-order valence-electron chi connectivity index (χ2n) is 8.36. The van der Waals surface area contributed by atoms with Crippen LogP contribution in [0.2, 0.25) is 0 Å². The fourth-order valence-corrected chi connectivity index (χ4v) is 5.99. The number of hydrogen-bond acceptors (Lipinski definition) is 6. The van der Waals surface area contributed by atoms with Gasteiger partial charge in [0.15, 0.2) is 6.61 Å². The lowest BCUT2D eigenvalue weighted by molar-refractivity contribution is -0.118. The van der Waals surface area contributed by atoms with Gasteiger partial charge in [0.05, 0.1) is 19.9 Å². The second kappa shape index (κ2) is 9.99. The summed E-state index contributed by atoms with van der Waals surface area (Å²) >= 11 is 3.25. The predicted octanol–water partition coefficient (Wildman–Crippen LogP) is 6.24. The molecule has 2 aromatic heterocycles. The molecule has 3 amide bonds. The van der Waals surface area contributed by atoms with Gasteiger partial charge in [0, 0.05) is 35.9 Å². The number of rotatable bonds is 5. The molecule has 34 heavy (non-hydrogen) atoms. The SMILES string of the molecule is Cc1nc2c(cc(OCC(=O)Nc3ccc(NC(=O)N4CCCCCC4)cc3)c3ccsc32)s1. The van der Waals surface area contributed by atoms with Crippen molar-refractivity contribution < 1.29 is 14.3 Å². The molecular weight excluding hydrogens is 468 g/mol. The number of hydrogen-bond donors (Lipinski definition) is 2. The molecule has 0 saturated carbocycles. The molecule has 0 aliphatic carbocycles. The zero-order valence-electron chi connectivity index (χ0n) is 18.9. The number of urea groups is 1. The Kier molecular flexibility index (Phi) is 6.64. The van der Waals surface area contributed by atoms with Crippen LogP contribution in [0.25, 0.3) is 20.3 Å². The fourth-order valence-electron chi connectivity index (χ4n) is 4.16. The monoisotopic (exact) mass is 494 g/mol. The van der Waals surface area contributed by atoms with E-state index in [9.17, 15) is 9.59 Å². The highest BCUT2D eigenvalue weighted by Crippen LogP contribution is 2.38. The third-order valence-corrected chi connectivity index (χ3v) is 7.68. The molecule has 0 radical (unpaired) electrons. The number of ether oxygens (including phenoxy) is 1. The summed E-state index contributed by atoms with van der Waals surface area (Å²) < 4.78 is 8.03. The summed E-state index contributed by atoms with van der Waals surface area (Å²) in [6.07, 6.45) is 4.46. The number of thiazole rings is 1. The minimum absolute atomic E-state index is 0.0695. The first-order valence-electron chi connectivity index (χ1n) is 11.4. The molecule has 2 aromatic carbocycles. The number of benzene rings is 2. The number of amides is 3. The largest absolute Gasteiger partial charge is 0.483 e. The van der Waals surface area contributed by atoms with E-state index in [1.165, 1.54) is 12.8 Å². The molecule has 7 nitrogen and oxygen atoms in total. The van der Waals surface area contributed by atoms with Crippen molar-refractivity contribution in [2.75, 3.05) is 30.3 Å². The number of nitrogens with zero attached hydrogens (tertiary/aromatic N) is 2. The highest BCUT2D eigenvalue weighted by atomic mass is 32.1. The molecule has 3 heterocycles. The molecule has 1 fully saturated rings. The van der Waals surface area contributed by atoms with Crippen LogP contribution in [0.1, 0.15) is 30.7 Å². The average Bonchev–Trinajstić information content (AvgIpc) is 3.36. The summed E-state index contributed by atoms with van der Waals surface area (Å²) in [5.41, 5.74) is 2.35. The maximum atomic E-state index is 12.5. The number of carbonyl (C=O) groups is 2. The first kappa shape index (κ1) is 22.6. The molecular formula is C25H26N4O3S2. The van der Waals surface area contributed by atoms with Crippen LogP contribution in [0.4, 0.5) is 16.2 Å². The first-order chi connectivity index (χ1) is 16.6. The Bertz CT molecular complexity index is 1320. The lowest BCUT2D eigenvalue weighted by Gasteiger charge is -2.20. The van der Waals surface area contributed by atoms with Crippen LogP contribution in [0, 0.1) is 6.92 Å². The number of likely N-dealkylation sites (tertiary alicyclic amines) is 1. The van der Waals surface area contributed by atoms with E-state index in [0.717, 1.165) is 51.2 Å². The van der Waals surface area contributed by atoms with E-state index in [4.69, 9.17) is 4.74 Å². The number of aromatic nitrogens is 1. The Labute approximate surface area is 205 Å². The molecule has 0 spiro atoms. The summed E-state index contributed by atoms with van der Waals surface area (Å²) in [6.45, 7) is 3.49. The normalized spacial score (nSPS) is 14.2. The second-order valence-corrected chi connectivity index (χ2v) is 10.5. The topological polar surface area (TPSA) is 83.6 Å². The lowest BCUT2D eigenvalue weighted by atomic mass is 10.2. The number of carbonyl (C=O) groups excluding carboxylic acids is 2. The van der Waals surface area contributed by atoms with Crippen LogP contribution in [0.15, 0.2) is 41.8 Å². The molecule has 0 bridgehead atoms. The standard InChI is InChI=1S/C25H26N4O3S2/c1-16-26-23-21(34-16)14-20(19-10-13-33-24(19)23)32-15-22(30)27-17-6-8-18(9-7-17)28-25(31)29-11-4-2-3-5-12-29/h6-10,13-14H,2-5,11-12,15H2,1H3,(H,27,30)(H,28,31). The summed E-state index contributed by atoms with van der Waals surface area (Å²) in [5.74, 6) is 0.444. The van der Waals surface area contributed by atoms with Gasteiger partial charge in [-0.05, 0) is 55.5 Å². The highest BCUT2D eigenvalue weighted by molar-refractivity contribution is 7.21. The van der Waals surface area contributed by atoms with Gasteiger partial charge in [-0.1, -0.05) is 12.8 Å². The van der Waals surface area contributed by atoms with Gasteiger partial charge in [0.25, 0.3) is 5.91 Å². The maximum Gasteiger partial charge on any atom is 0.321 e. The summed E-state index contributed by atoms with van der Waals surface area (Å²) in [6, 6.07) is 11.0.